The Bertz CT molecular complexity index is 1500. The number of aromatic nitrogens is 2. The zero-order valence-corrected chi connectivity index (χ0v) is 18.9. The Hall–Kier alpha value is -3.98. The Kier molecular flexibility index (Phi) is 5.10. The van der Waals surface area contributed by atoms with Crippen LogP contribution in [0.25, 0.3) is 15.9 Å². The second-order valence-electron chi connectivity index (χ2n) is 8.17. The number of nitrogens with one attached hydrogen (secondary N) is 1. The number of nitrogens with zero attached hydrogens (tertiary/aromatic N) is 3. The van der Waals surface area contributed by atoms with E-state index in [9.17, 15) is 9.59 Å². The Labute approximate surface area is 198 Å². The molecule has 0 bridgehead atoms. The third-order valence-electron chi connectivity index (χ3n) is 6.06. The molecule has 3 heterocycles. The van der Waals surface area contributed by atoms with E-state index in [0.717, 1.165) is 47.0 Å². The van der Waals surface area contributed by atoms with E-state index in [0.29, 0.717) is 22.7 Å². The van der Waals surface area contributed by atoms with E-state index in [-0.39, 0.29) is 18.3 Å². The Morgan fingerprint density at radius 1 is 1.09 bits per heavy atom. The summed E-state index contributed by atoms with van der Waals surface area (Å²) in [5.41, 5.74) is 5.49. The first-order valence-electron chi connectivity index (χ1n) is 11.0. The number of carbonyl (C=O) groups excluding carboxylic acids is 1. The van der Waals surface area contributed by atoms with Gasteiger partial charge in [-0.3, -0.25) is 14.2 Å². The number of carbonyl (C=O) groups is 1. The zero-order valence-electron chi connectivity index (χ0n) is 18.1. The van der Waals surface area contributed by atoms with Crippen LogP contribution >= 0.6 is 11.3 Å². The number of ether oxygens (including phenoxy) is 2. The summed E-state index contributed by atoms with van der Waals surface area (Å²) < 4.78 is 12.2. The minimum Gasteiger partial charge on any atom is -0.454 e. The van der Waals surface area contributed by atoms with Crippen molar-refractivity contribution in [1.29, 1.82) is 0 Å². The van der Waals surface area contributed by atoms with Gasteiger partial charge in [0.15, 0.2) is 11.5 Å². The molecule has 0 saturated carbocycles. The molecule has 1 aliphatic carbocycles. The largest absolute Gasteiger partial charge is 0.454 e. The van der Waals surface area contributed by atoms with Crippen LogP contribution < -0.4 is 20.5 Å². The van der Waals surface area contributed by atoms with Gasteiger partial charge in [-0.15, -0.1) is 11.3 Å². The molecule has 8 nitrogen and oxygen atoms in total. The van der Waals surface area contributed by atoms with Crippen LogP contribution in [0.4, 0.5) is 0 Å². The number of benzene rings is 2. The fourth-order valence-corrected chi connectivity index (χ4v) is 5.55. The number of thiophene rings is 1. The number of fused-ring (bicyclic) bond motifs is 4. The highest BCUT2D eigenvalue weighted by molar-refractivity contribution is 7.18. The van der Waals surface area contributed by atoms with Crippen molar-refractivity contribution in [1.82, 2.24) is 15.0 Å². The van der Waals surface area contributed by atoms with Crippen LogP contribution in [-0.2, 0) is 12.8 Å². The second-order valence-corrected chi connectivity index (χ2v) is 9.25. The van der Waals surface area contributed by atoms with Crippen molar-refractivity contribution in [2.75, 3.05) is 6.79 Å². The molecule has 6 rings (SSSR count). The number of hydrogen-bond donors (Lipinski definition) is 1. The van der Waals surface area contributed by atoms with Crippen LogP contribution in [0.1, 0.15) is 39.2 Å². The first-order chi connectivity index (χ1) is 16.7. The normalized spacial score (nSPS) is 14.5. The molecule has 0 spiro atoms. The molecule has 34 heavy (non-hydrogen) atoms. The molecular formula is C25H20N4O4S. The summed E-state index contributed by atoms with van der Waals surface area (Å²) in [5.74, 6) is 0.988. The smallest absolute Gasteiger partial charge is 0.271 e. The third kappa shape index (κ3) is 3.63. The molecule has 0 unspecified atom stereocenters. The fraction of sp³-hybridized carbons (Fsp3) is 0.200. The summed E-state index contributed by atoms with van der Waals surface area (Å²) in [4.78, 5) is 32.4. The van der Waals surface area contributed by atoms with Gasteiger partial charge in [0.2, 0.25) is 6.79 Å². The number of rotatable bonds is 4. The lowest BCUT2D eigenvalue weighted by atomic mass is 9.97. The molecule has 0 saturated heterocycles. The second kappa shape index (κ2) is 8.42. The van der Waals surface area contributed by atoms with E-state index in [1.165, 1.54) is 11.1 Å². The fourth-order valence-electron chi connectivity index (χ4n) is 4.33. The van der Waals surface area contributed by atoms with E-state index in [1.807, 2.05) is 6.07 Å². The van der Waals surface area contributed by atoms with Gasteiger partial charge in [0.25, 0.3) is 11.5 Å². The van der Waals surface area contributed by atoms with Crippen molar-refractivity contribution in [2.45, 2.75) is 25.7 Å². The van der Waals surface area contributed by atoms with Crippen molar-refractivity contribution in [3.05, 3.63) is 80.7 Å². The van der Waals surface area contributed by atoms with Crippen molar-refractivity contribution in [3.8, 4) is 17.2 Å². The number of hydrazone groups is 1. The van der Waals surface area contributed by atoms with Crippen molar-refractivity contribution in [2.24, 2.45) is 5.10 Å². The maximum atomic E-state index is 13.2. The average Bonchev–Trinajstić information content (AvgIpc) is 3.49. The topological polar surface area (TPSA) is 94.8 Å². The summed E-state index contributed by atoms with van der Waals surface area (Å²) in [6, 6.07) is 12.2. The van der Waals surface area contributed by atoms with Crippen LogP contribution in [0.3, 0.4) is 0 Å². The molecule has 1 amide bonds. The standard InChI is InChI=1S/C25H20N4O4S/c30-23(28-27-12-15-5-10-19-20(11-15)33-14-32-19)16-6-8-17(9-7-16)29-13-26-24-22(25(29)31)18-3-1-2-4-21(18)34-24/h5-13H,1-4,14H2,(H,28,30)/b27-12-. The molecule has 4 aromatic rings. The third-order valence-corrected chi connectivity index (χ3v) is 7.26. The molecular weight excluding hydrogens is 452 g/mol. The number of amides is 1. The van der Waals surface area contributed by atoms with E-state index in [2.05, 4.69) is 15.5 Å². The summed E-state index contributed by atoms with van der Waals surface area (Å²) in [6.07, 6.45) is 7.33. The van der Waals surface area contributed by atoms with Gasteiger partial charge >= 0.3 is 0 Å². The van der Waals surface area contributed by atoms with E-state index >= 15 is 0 Å². The van der Waals surface area contributed by atoms with E-state index < -0.39 is 0 Å². The predicted molar refractivity (Wildman–Crippen MR) is 129 cm³/mol. The minimum absolute atomic E-state index is 0.0603. The Morgan fingerprint density at radius 2 is 1.91 bits per heavy atom. The summed E-state index contributed by atoms with van der Waals surface area (Å²) >= 11 is 1.63. The van der Waals surface area contributed by atoms with Crippen LogP contribution in [0.5, 0.6) is 11.5 Å². The highest BCUT2D eigenvalue weighted by Gasteiger charge is 2.20. The number of aryl methyl sites for hydroxylation is 2. The van der Waals surface area contributed by atoms with Gasteiger partial charge in [0, 0.05) is 10.4 Å². The van der Waals surface area contributed by atoms with Gasteiger partial charge < -0.3 is 9.47 Å². The molecule has 0 atom stereocenters. The van der Waals surface area contributed by atoms with Gasteiger partial charge in [0.1, 0.15) is 11.2 Å². The zero-order chi connectivity index (χ0) is 23.1. The van der Waals surface area contributed by atoms with E-state index in [1.54, 1.807) is 58.6 Å². The lowest BCUT2D eigenvalue weighted by Gasteiger charge is -2.10. The molecule has 9 heteroatoms. The highest BCUT2D eigenvalue weighted by atomic mass is 32.1. The quantitative estimate of drug-likeness (QED) is 0.360. The Morgan fingerprint density at radius 3 is 2.79 bits per heavy atom. The minimum atomic E-state index is -0.351. The van der Waals surface area contributed by atoms with Gasteiger partial charge in [-0.2, -0.15) is 5.10 Å². The summed E-state index contributed by atoms with van der Waals surface area (Å²) in [5, 5.41) is 4.76. The summed E-state index contributed by atoms with van der Waals surface area (Å²) in [6.45, 7) is 0.203. The molecule has 0 fully saturated rings. The maximum Gasteiger partial charge on any atom is 0.271 e. The van der Waals surface area contributed by atoms with Gasteiger partial charge in [-0.1, -0.05) is 0 Å². The van der Waals surface area contributed by atoms with Crippen molar-refractivity contribution < 1.29 is 14.3 Å². The van der Waals surface area contributed by atoms with Crippen molar-refractivity contribution in [3.63, 3.8) is 0 Å². The first-order valence-corrected chi connectivity index (χ1v) is 11.8. The number of hydrogen-bond acceptors (Lipinski definition) is 7. The first kappa shape index (κ1) is 20.6. The van der Waals surface area contributed by atoms with Gasteiger partial charge in [-0.05, 0) is 79.3 Å². The Balaban J connectivity index is 1.19. The summed E-state index contributed by atoms with van der Waals surface area (Å²) in [7, 11) is 0. The van der Waals surface area contributed by atoms with Crippen LogP contribution in [0.15, 0.2) is 58.7 Å². The molecule has 2 aromatic heterocycles. The van der Waals surface area contributed by atoms with E-state index in [4.69, 9.17) is 9.47 Å². The molecule has 1 N–H and O–H groups in total. The predicted octanol–water partition coefficient (Wildman–Crippen LogP) is 3.82. The lowest BCUT2D eigenvalue weighted by Crippen LogP contribution is -2.20. The molecule has 0 radical (unpaired) electrons. The van der Waals surface area contributed by atoms with Gasteiger partial charge in [-0.25, -0.2) is 10.4 Å². The van der Waals surface area contributed by atoms with Crippen LogP contribution in [0.2, 0.25) is 0 Å². The lowest BCUT2D eigenvalue weighted by molar-refractivity contribution is 0.0955. The van der Waals surface area contributed by atoms with Crippen molar-refractivity contribution >= 4 is 33.7 Å². The molecule has 2 aliphatic rings. The molecule has 2 aromatic carbocycles. The van der Waals surface area contributed by atoms with Gasteiger partial charge in [0.05, 0.1) is 17.3 Å². The molecule has 170 valence electrons. The van der Waals surface area contributed by atoms with Crippen LogP contribution in [-0.4, -0.2) is 28.5 Å². The maximum absolute atomic E-state index is 13.2. The molecule has 1 aliphatic heterocycles. The monoisotopic (exact) mass is 472 g/mol. The average molecular weight is 473 g/mol. The highest BCUT2D eigenvalue weighted by Crippen LogP contribution is 2.34. The van der Waals surface area contributed by atoms with Crippen LogP contribution in [0, 0.1) is 0 Å². The SMILES string of the molecule is O=C(N/N=C\c1ccc2c(c1)OCO2)c1ccc(-n2cnc3sc4c(c3c2=O)CCCC4)cc1.